The highest BCUT2D eigenvalue weighted by molar-refractivity contribution is 5.83. The lowest BCUT2D eigenvalue weighted by Crippen LogP contribution is -2.47. The lowest BCUT2D eigenvalue weighted by molar-refractivity contribution is -0.152. The molecule has 1 aromatic rings. The number of carboxylic acid groups (broad SMARTS) is 1. The van der Waals surface area contributed by atoms with Gasteiger partial charge in [-0.15, -0.1) is 0 Å². The van der Waals surface area contributed by atoms with Crippen molar-refractivity contribution in [2.24, 2.45) is 0 Å². The molecule has 0 aromatic heterocycles. The van der Waals surface area contributed by atoms with Crippen molar-refractivity contribution in [1.82, 2.24) is 4.90 Å². The van der Waals surface area contributed by atoms with Crippen molar-refractivity contribution in [3.63, 3.8) is 0 Å². The van der Waals surface area contributed by atoms with Gasteiger partial charge >= 0.3 is 5.97 Å². The van der Waals surface area contributed by atoms with E-state index in [-0.39, 0.29) is 5.91 Å². The van der Waals surface area contributed by atoms with E-state index in [0.717, 1.165) is 36.1 Å². The number of aliphatic carboxylic acids is 1. The predicted molar refractivity (Wildman–Crippen MR) is 92.2 cm³/mol. The van der Waals surface area contributed by atoms with Gasteiger partial charge in [-0.3, -0.25) is 4.79 Å². The molecule has 5 heteroatoms. The molecule has 1 saturated heterocycles. The molecule has 1 N–H and O–H groups in total. The predicted octanol–water partition coefficient (Wildman–Crippen LogP) is 3.32. The molecule has 1 aliphatic rings. The van der Waals surface area contributed by atoms with Crippen molar-refractivity contribution in [3.05, 3.63) is 29.3 Å². The molecule has 5 nitrogen and oxygen atoms in total. The van der Waals surface area contributed by atoms with Crippen LogP contribution in [0, 0.1) is 13.8 Å². The van der Waals surface area contributed by atoms with E-state index in [1.165, 1.54) is 4.90 Å². The van der Waals surface area contributed by atoms with Crippen LogP contribution in [0.4, 0.5) is 0 Å². The van der Waals surface area contributed by atoms with Crippen molar-refractivity contribution >= 4 is 11.9 Å². The lowest BCUT2D eigenvalue weighted by Gasteiger charge is -2.33. The van der Waals surface area contributed by atoms with Crippen LogP contribution in [0.3, 0.4) is 0 Å². The van der Waals surface area contributed by atoms with Gasteiger partial charge in [0.15, 0.2) is 0 Å². The molecule has 1 unspecified atom stereocenters. The van der Waals surface area contributed by atoms with Crippen LogP contribution >= 0.6 is 0 Å². The van der Waals surface area contributed by atoms with E-state index in [9.17, 15) is 14.7 Å². The summed E-state index contributed by atoms with van der Waals surface area (Å²) in [6.45, 7) is 5.18. The molecule has 1 amide bonds. The number of carboxylic acids is 1. The Morgan fingerprint density at radius 2 is 2.04 bits per heavy atom. The summed E-state index contributed by atoms with van der Waals surface area (Å²) in [5.41, 5.74) is 2.27. The Hall–Kier alpha value is -2.04. The first-order chi connectivity index (χ1) is 11.5. The van der Waals surface area contributed by atoms with Gasteiger partial charge in [-0.05, 0) is 63.1 Å². The maximum Gasteiger partial charge on any atom is 0.326 e. The smallest absolute Gasteiger partial charge is 0.326 e. The Kier molecular flexibility index (Phi) is 6.64. The Labute approximate surface area is 143 Å². The van der Waals surface area contributed by atoms with E-state index in [0.29, 0.717) is 32.4 Å². The van der Waals surface area contributed by atoms with Gasteiger partial charge in [-0.25, -0.2) is 4.79 Å². The number of nitrogens with zero attached hydrogens (tertiary/aromatic N) is 1. The largest absolute Gasteiger partial charge is 0.493 e. The molecule has 132 valence electrons. The number of benzene rings is 1. The second-order valence-electron chi connectivity index (χ2n) is 6.51. The van der Waals surface area contributed by atoms with Gasteiger partial charge in [0.05, 0.1) is 6.61 Å². The second kappa shape index (κ2) is 8.71. The maximum absolute atomic E-state index is 12.3. The maximum atomic E-state index is 12.3. The Bertz CT molecular complexity index is 585. The SMILES string of the molecule is Cc1ccc(C)c(OCCCCC(=O)N2CCCCC2C(=O)O)c1. The normalized spacial score (nSPS) is 17.6. The zero-order chi connectivity index (χ0) is 17.5. The van der Waals surface area contributed by atoms with Crippen LogP contribution in [0.25, 0.3) is 0 Å². The third-order valence-corrected chi connectivity index (χ3v) is 4.49. The fraction of sp³-hybridized carbons (Fsp3) is 0.579. The van der Waals surface area contributed by atoms with Gasteiger partial charge in [0, 0.05) is 13.0 Å². The van der Waals surface area contributed by atoms with Gasteiger partial charge in [-0.1, -0.05) is 12.1 Å². The van der Waals surface area contributed by atoms with Crippen LogP contribution in [0.5, 0.6) is 5.75 Å². The van der Waals surface area contributed by atoms with Crippen molar-refractivity contribution in [1.29, 1.82) is 0 Å². The van der Waals surface area contributed by atoms with Crippen molar-refractivity contribution in [2.75, 3.05) is 13.2 Å². The third kappa shape index (κ3) is 4.98. The standard InChI is InChI=1S/C19H27NO4/c1-14-9-10-15(2)17(13-14)24-12-6-4-8-18(21)20-11-5-3-7-16(20)19(22)23/h9-10,13,16H,3-8,11-12H2,1-2H3,(H,22,23). The Morgan fingerprint density at radius 3 is 2.79 bits per heavy atom. The minimum Gasteiger partial charge on any atom is -0.493 e. The van der Waals surface area contributed by atoms with E-state index >= 15 is 0 Å². The summed E-state index contributed by atoms with van der Waals surface area (Å²) in [5.74, 6) is -0.0431. The quantitative estimate of drug-likeness (QED) is 0.777. The molecular formula is C19H27NO4. The summed E-state index contributed by atoms with van der Waals surface area (Å²) in [7, 11) is 0. The number of aryl methyl sites for hydroxylation is 2. The van der Waals surface area contributed by atoms with Crippen LogP contribution in [0.1, 0.15) is 49.7 Å². The van der Waals surface area contributed by atoms with Gasteiger partial charge < -0.3 is 14.7 Å². The molecule has 24 heavy (non-hydrogen) atoms. The van der Waals surface area contributed by atoms with E-state index in [1.807, 2.05) is 26.0 Å². The number of ether oxygens (including phenoxy) is 1. The average Bonchev–Trinajstić information content (AvgIpc) is 2.57. The average molecular weight is 333 g/mol. The second-order valence-corrected chi connectivity index (χ2v) is 6.51. The molecule has 0 spiro atoms. The van der Waals surface area contributed by atoms with Crippen LogP contribution in [-0.4, -0.2) is 41.1 Å². The topological polar surface area (TPSA) is 66.8 Å². The van der Waals surface area contributed by atoms with E-state index in [4.69, 9.17) is 4.74 Å². The van der Waals surface area contributed by atoms with Crippen LogP contribution in [0.2, 0.25) is 0 Å². The van der Waals surface area contributed by atoms with E-state index in [1.54, 1.807) is 0 Å². The highest BCUT2D eigenvalue weighted by Gasteiger charge is 2.31. The first kappa shape index (κ1) is 18.3. The molecule has 0 bridgehead atoms. The van der Waals surface area contributed by atoms with Crippen LogP contribution in [0.15, 0.2) is 18.2 Å². The fourth-order valence-corrected chi connectivity index (χ4v) is 3.05. The van der Waals surface area contributed by atoms with Gasteiger partial charge in [0.25, 0.3) is 0 Å². The summed E-state index contributed by atoms with van der Waals surface area (Å²) in [4.78, 5) is 25.1. The fourth-order valence-electron chi connectivity index (χ4n) is 3.05. The van der Waals surface area contributed by atoms with Gasteiger partial charge in [0.2, 0.25) is 5.91 Å². The Morgan fingerprint density at radius 1 is 1.25 bits per heavy atom. The lowest BCUT2D eigenvalue weighted by atomic mass is 10.0. The summed E-state index contributed by atoms with van der Waals surface area (Å²) in [5, 5.41) is 9.23. The van der Waals surface area contributed by atoms with Gasteiger partial charge in [0.1, 0.15) is 11.8 Å². The van der Waals surface area contributed by atoms with Crippen LogP contribution in [-0.2, 0) is 9.59 Å². The van der Waals surface area contributed by atoms with E-state index in [2.05, 4.69) is 6.07 Å². The third-order valence-electron chi connectivity index (χ3n) is 4.49. The number of hydrogen-bond donors (Lipinski definition) is 1. The molecule has 1 aromatic carbocycles. The zero-order valence-electron chi connectivity index (χ0n) is 14.6. The first-order valence-electron chi connectivity index (χ1n) is 8.71. The number of rotatable bonds is 7. The molecule has 1 heterocycles. The molecule has 1 fully saturated rings. The number of amides is 1. The van der Waals surface area contributed by atoms with Gasteiger partial charge in [-0.2, -0.15) is 0 Å². The molecule has 0 aliphatic carbocycles. The summed E-state index contributed by atoms with van der Waals surface area (Å²) in [6.07, 6.45) is 4.23. The molecular weight excluding hydrogens is 306 g/mol. The van der Waals surface area contributed by atoms with Crippen molar-refractivity contribution in [2.45, 2.75) is 58.4 Å². The van der Waals surface area contributed by atoms with Crippen molar-refractivity contribution in [3.8, 4) is 5.75 Å². The molecule has 0 radical (unpaired) electrons. The summed E-state index contributed by atoms with van der Waals surface area (Å²) < 4.78 is 5.79. The number of piperidine rings is 1. The molecule has 2 rings (SSSR count). The molecule has 1 aliphatic heterocycles. The number of hydrogen-bond acceptors (Lipinski definition) is 3. The Balaban J connectivity index is 1.72. The minimum absolute atomic E-state index is 0.0474. The molecule has 1 atom stereocenters. The number of carbonyl (C=O) groups is 2. The summed E-state index contributed by atoms with van der Waals surface area (Å²) in [6, 6.07) is 5.47. The summed E-state index contributed by atoms with van der Waals surface area (Å²) >= 11 is 0. The number of carbonyl (C=O) groups excluding carboxylic acids is 1. The monoisotopic (exact) mass is 333 g/mol. The van der Waals surface area contributed by atoms with E-state index < -0.39 is 12.0 Å². The van der Waals surface area contributed by atoms with Crippen LogP contribution < -0.4 is 4.74 Å². The number of likely N-dealkylation sites (tertiary alicyclic amines) is 1. The highest BCUT2D eigenvalue weighted by atomic mass is 16.5. The first-order valence-corrected chi connectivity index (χ1v) is 8.71. The molecule has 0 saturated carbocycles. The highest BCUT2D eigenvalue weighted by Crippen LogP contribution is 2.20. The minimum atomic E-state index is -0.888. The van der Waals surface area contributed by atoms with Crippen molar-refractivity contribution < 1.29 is 19.4 Å². The zero-order valence-corrected chi connectivity index (χ0v) is 14.6. The number of unbranched alkanes of at least 4 members (excludes halogenated alkanes) is 1.